The maximum Gasteiger partial charge on any atom is 0.307 e. The van der Waals surface area contributed by atoms with Crippen LogP contribution in [0.1, 0.15) is 32.6 Å². The second kappa shape index (κ2) is 7.09. The molecule has 0 aliphatic heterocycles. The fourth-order valence-corrected chi connectivity index (χ4v) is 1.60. The molecule has 0 rings (SSSR count). The van der Waals surface area contributed by atoms with Gasteiger partial charge in [-0.15, -0.1) is 0 Å². The van der Waals surface area contributed by atoms with Crippen LogP contribution in [0.2, 0.25) is 0 Å². The molecular formula is C9H14F4OS. The normalized spacial score (nSPS) is 12.1. The Balaban J connectivity index is 3.42. The van der Waals surface area contributed by atoms with E-state index >= 15 is 0 Å². The molecule has 0 amide bonds. The number of halogens is 4. The van der Waals surface area contributed by atoms with Crippen molar-refractivity contribution in [1.29, 1.82) is 0 Å². The Morgan fingerprint density at radius 1 is 1.27 bits per heavy atom. The highest BCUT2D eigenvalue weighted by Gasteiger charge is 2.39. The van der Waals surface area contributed by atoms with Gasteiger partial charge in [0.15, 0.2) is 5.12 Å². The number of unbranched alkanes of at least 4 members (excludes halogenated alkanes) is 2. The summed E-state index contributed by atoms with van der Waals surface area (Å²) in [5, 5.41) is -0.0205. The largest absolute Gasteiger partial charge is 0.307 e. The molecule has 0 fully saturated rings. The van der Waals surface area contributed by atoms with Gasteiger partial charge >= 0.3 is 12.3 Å². The van der Waals surface area contributed by atoms with Crippen LogP contribution in [-0.4, -0.2) is 23.2 Å². The average Bonchev–Trinajstić information content (AvgIpc) is 2.10. The van der Waals surface area contributed by atoms with Crippen molar-refractivity contribution in [2.45, 2.75) is 45.0 Å². The summed E-state index contributed by atoms with van der Waals surface area (Å²) in [5.74, 6) is -3.30. The number of thioether (sulfide) groups is 1. The van der Waals surface area contributed by atoms with Gasteiger partial charge in [-0.2, -0.15) is 0 Å². The van der Waals surface area contributed by atoms with Crippen molar-refractivity contribution in [3.05, 3.63) is 0 Å². The summed E-state index contributed by atoms with van der Waals surface area (Å²) in [7, 11) is 0. The van der Waals surface area contributed by atoms with E-state index in [0.29, 0.717) is 18.6 Å². The Morgan fingerprint density at radius 2 is 1.87 bits per heavy atom. The summed E-state index contributed by atoms with van der Waals surface area (Å²) in [6.07, 6.45) is -3.25. The van der Waals surface area contributed by atoms with Crippen molar-refractivity contribution in [3.63, 3.8) is 0 Å². The van der Waals surface area contributed by atoms with E-state index in [1.165, 1.54) is 6.92 Å². The van der Waals surface area contributed by atoms with Gasteiger partial charge in [0.2, 0.25) is 0 Å². The Kier molecular flexibility index (Phi) is 6.96. The summed E-state index contributed by atoms with van der Waals surface area (Å²) in [6.45, 7) is 1.43. The third-order valence-electron chi connectivity index (χ3n) is 1.78. The summed E-state index contributed by atoms with van der Waals surface area (Å²) in [4.78, 5) is 10.5. The monoisotopic (exact) mass is 246 g/mol. The van der Waals surface area contributed by atoms with Crippen molar-refractivity contribution in [3.8, 4) is 0 Å². The standard InChI is InChI=1S/C9H14F4OS/c1-7(14)15-6-4-2-3-5-9(12,13)8(10)11/h8H,2-6H2,1H3. The van der Waals surface area contributed by atoms with Gasteiger partial charge in [-0.1, -0.05) is 18.2 Å². The highest BCUT2D eigenvalue weighted by Crippen LogP contribution is 2.28. The minimum atomic E-state index is -3.87. The van der Waals surface area contributed by atoms with E-state index in [1.807, 2.05) is 0 Å². The van der Waals surface area contributed by atoms with Crippen LogP contribution in [0.5, 0.6) is 0 Å². The van der Waals surface area contributed by atoms with Gasteiger partial charge in [0.1, 0.15) is 0 Å². The van der Waals surface area contributed by atoms with Crippen LogP contribution in [-0.2, 0) is 4.79 Å². The molecule has 0 saturated carbocycles. The lowest BCUT2D eigenvalue weighted by molar-refractivity contribution is -0.133. The van der Waals surface area contributed by atoms with E-state index in [2.05, 4.69) is 0 Å². The summed E-state index contributed by atoms with van der Waals surface area (Å²) in [6, 6.07) is 0. The molecule has 0 unspecified atom stereocenters. The van der Waals surface area contributed by atoms with E-state index < -0.39 is 18.8 Å². The Labute approximate surface area is 90.6 Å². The zero-order chi connectivity index (χ0) is 11.9. The van der Waals surface area contributed by atoms with Crippen LogP contribution in [0, 0.1) is 0 Å². The molecule has 0 saturated heterocycles. The van der Waals surface area contributed by atoms with Crippen LogP contribution in [0.3, 0.4) is 0 Å². The number of carbonyl (C=O) groups excluding carboxylic acids is 1. The first-order valence-electron chi connectivity index (χ1n) is 4.65. The molecule has 0 radical (unpaired) electrons. The maximum atomic E-state index is 12.4. The Morgan fingerprint density at radius 3 is 2.33 bits per heavy atom. The molecule has 0 aliphatic carbocycles. The van der Waals surface area contributed by atoms with Crippen LogP contribution in [0.4, 0.5) is 17.6 Å². The lowest BCUT2D eigenvalue weighted by Gasteiger charge is -2.14. The SMILES string of the molecule is CC(=O)SCCCCCC(F)(F)C(F)F. The second-order valence-electron chi connectivity index (χ2n) is 3.21. The smallest absolute Gasteiger partial charge is 0.288 e. The lowest BCUT2D eigenvalue weighted by atomic mass is 10.1. The summed E-state index contributed by atoms with van der Waals surface area (Å²) < 4.78 is 48.1. The number of hydrogen-bond donors (Lipinski definition) is 0. The number of rotatable bonds is 7. The van der Waals surface area contributed by atoms with Crippen molar-refractivity contribution >= 4 is 16.9 Å². The van der Waals surface area contributed by atoms with E-state index in [4.69, 9.17) is 0 Å². The van der Waals surface area contributed by atoms with E-state index in [1.54, 1.807) is 0 Å². The fourth-order valence-electron chi connectivity index (χ4n) is 0.965. The van der Waals surface area contributed by atoms with Gasteiger partial charge in [0, 0.05) is 19.1 Å². The molecule has 0 bridgehead atoms. The van der Waals surface area contributed by atoms with Crippen molar-refractivity contribution in [1.82, 2.24) is 0 Å². The number of carbonyl (C=O) groups is 1. The molecule has 6 heteroatoms. The van der Waals surface area contributed by atoms with Gasteiger partial charge in [-0.05, 0) is 12.8 Å². The zero-order valence-corrected chi connectivity index (χ0v) is 9.26. The first-order valence-corrected chi connectivity index (χ1v) is 5.64. The van der Waals surface area contributed by atoms with Crippen LogP contribution in [0.15, 0.2) is 0 Å². The highest BCUT2D eigenvalue weighted by molar-refractivity contribution is 8.13. The van der Waals surface area contributed by atoms with Gasteiger partial charge in [0.05, 0.1) is 0 Å². The number of alkyl halides is 4. The van der Waals surface area contributed by atoms with Crippen LogP contribution in [0.25, 0.3) is 0 Å². The average molecular weight is 246 g/mol. The third kappa shape index (κ3) is 7.64. The van der Waals surface area contributed by atoms with Gasteiger partial charge in [0.25, 0.3) is 0 Å². The Bertz CT molecular complexity index is 197. The first-order chi connectivity index (χ1) is 6.86. The molecular weight excluding hydrogens is 232 g/mol. The molecule has 0 aliphatic rings. The summed E-state index contributed by atoms with van der Waals surface area (Å²) >= 11 is 1.12. The topological polar surface area (TPSA) is 17.1 Å². The van der Waals surface area contributed by atoms with Gasteiger partial charge in [-0.25, -0.2) is 17.6 Å². The highest BCUT2D eigenvalue weighted by atomic mass is 32.2. The van der Waals surface area contributed by atoms with Crippen molar-refractivity contribution in [2.75, 3.05) is 5.75 Å². The minimum absolute atomic E-state index is 0.0205. The minimum Gasteiger partial charge on any atom is -0.288 e. The van der Waals surface area contributed by atoms with E-state index in [9.17, 15) is 22.4 Å². The maximum absolute atomic E-state index is 12.4. The molecule has 90 valence electrons. The zero-order valence-electron chi connectivity index (χ0n) is 8.44. The molecule has 0 spiro atoms. The quantitative estimate of drug-likeness (QED) is 0.503. The van der Waals surface area contributed by atoms with E-state index in [0.717, 1.165) is 11.8 Å². The predicted octanol–water partition coefficient (Wildman–Crippen LogP) is 3.73. The number of hydrogen-bond acceptors (Lipinski definition) is 2. The lowest BCUT2D eigenvalue weighted by Crippen LogP contribution is -2.26. The van der Waals surface area contributed by atoms with Gasteiger partial charge < -0.3 is 0 Å². The molecule has 0 atom stereocenters. The molecule has 15 heavy (non-hydrogen) atoms. The summed E-state index contributed by atoms with van der Waals surface area (Å²) in [5.41, 5.74) is 0. The predicted molar refractivity (Wildman–Crippen MR) is 52.6 cm³/mol. The molecule has 0 heterocycles. The van der Waals surface area contributed by atoms with Gasteiger partial charge in [-0.3, -0.25) is 4.79 Å². The molecule has 0 aromatic rings. The third-order valence-corrected chi connectivity index (χ3v) is 2.68. The van der Waals surface area contributed by atoms with E-state index in [-0.39, 0.29) is 11.5 Å². The fraction of sp³-hybridized carbons (Fsp3) is 0.889. The Hall–Kier alpha value is -0.260. The first kappa shape index (κ1) is 14.7. The van der Waals surface area contributed by atoms with Crippen molar-refractivity contribution in [2.24, 2.45) is 0 Å². The molecule has 0 aromatic heterocycles. The molecule has 0 N–H and O–H groups in total. The van der Waals surface area contributed by atoms with Crippen LogP contribution < -0.4 is 0 Å². The molecule has 0 aromatic carbocycles. The van der Waals surface area contributed by atoms with Crippen molar-refractivity contribution < 1.29 is 22.4 Å². The molecule has 1 nitrogen and oxygen atoms in total. The van der Waals surface area contributed by atoms with Crippen LogP contribution >= 0.6 is 11.8 Å². The second-order valence-corrected chi connectivity index (χ2v) is 4.48.